The maximum Gasteiger partial charge on any atom is 0.338 e. The molecular formula is C38H37NO4. The first-order valence-corrected chi connectivity index (χ1v) is 15.0. The van der Waals surface area contributed by atoms with Crippen molar-refractivity contribution in [3.8, 4) is 5.75 Å². The van der Waals surface area contributed by atoms with Gasteiger partial charge in [-0.2, -0.15) is 0 Å². The van der Waals surface area contributed by atoms with E-state index in [1.807, 2.05) is 36.4 Å². The van der Waals surface area contributed by atoms with Crippen LogP contribution in [-0.2, 0) is 29.1 Å². The van der Waals surface area contributed by atoms with Crippen molar-refractivity contribution >= 4 is 16.7 Å². The Hall–Kier alpha value is -4.45. The minimum absolute atomic E-state index is 0.0617. The molecule has 5 aromatic rings. The molecule has 1 saturated heterocycles. The van der Waals surface area contributed by atoms with Crippen molar-refractivity contribution in [3.05, 3.63) is 149 Å². The van der Waals surface area contributed by atoms with E-state index in [-0.39, 0.29) is 12.1 Å². The van der Waals surface area contributed by atoms with Gasteiger partial charge >= 0.3 is 5.97 Å². The topological polar surface area (TPSA) is 56.8 Å². The molecule has 2 atom stereocenters. The normalized spacial score (nSPS) is 16.6. The molecule has 0 spiro atoms. The smallest absolute Gasteiger partial charge is 0.338 e. The molecule has 1 aliphatic heterocycles. The molecule has 0 radical (unpaired) electrons. The summed E-state index contributed by atoms with van der Waals surface area (Å²) < 4.78 is 18.4. The van der Waals surface area contributed by atoms with E-state index >= 15 is 0 Å². The molecule has 218 valence electrons. The third kappa shape index (κ3) is 7.50. The molecule has 0 amide bonds. The van der Waals surface area contributed by atoms with E-state index in [2.05, 4.69) is 78.1 Å². The van der Waals surface area contributed by atoms with E-state index in [9.17, 15) is 4.79 Å². The van der Waals surface area contributed by atoms with Crippen molar-refractivity contribution in [2.75, 3.05) is 19.7 Å². The predicted molar refractivity (Wildman–Crippen MR) is 170 cm³/mol. The summed E-state index contributed by atoms with van der Waals surface area (Å²) in [6, 6.07) is 40.7. The Balaban J connectivity index is 1.08. The lowest BCUT2D eigenvalue weighted by Gasteiger charge is -2.32. The van der Waals surface area contributed by atoms with Crippen molar-refractivity contribution < 1.29 is 19.0 Å². The van der Waals surface area contributed by atoms with Gasteiger partial charge < -0.3 is 19.5 Å². The second-order valence-corrected chi connectivity index (χ2v) is 11.0. The number of carbonyl (C=O) groups excluding carboxylic acids is 1. The molecule has 0 aliphatic carbocycles. The van der Waals surface area contributed by atoms with E-state index < -0.39 is 0 Å². The fraction of sp³-hybridized carbons (Fsp3) is 0.237. The molecule has 0 aromatic heterocycles. The number of carbonyl (C=O) groups is 1. The minimum atomic E-state index is -0.284. The second-order valence-electron chi connectivity index (χ2n) is 11.0. The van der Waals surface area contributed by atoms with Gasteiger partial charge in [-0.3, -0.25) is 0 Å². The number of hydrogen-bond acceptors (Lipinski definition) is 5. The molecule has 1 heterocycles. The number of nitrogens with one attached hydrogen (secondary N) is 1. The Morgan fingerprint density at radius 3 is 2.30 bits per heavy atom. The monoisotopic (exact) mass is 571 g/mol. The van der Waals surface area contributed by atoms with Gasteiger partial charge in [0, 0.05) is 24.3 Å². The minimum Gasteiger partial charge on any atom is -0.488 e. The Morgan fingerprint density at radius 2 is 1.49 bits per heavy atom. The molecule has 2 unspecified atom stereocenters. The van der Waals surface area contributed by atoms with Crippen LogP contribution in [0, 0.1) is 0 Å². The summed E-state index contributed by atoms with van der Waals surface area (Å²) in [6.45, 7) is 3.17. The Labute approximate surface area is 253 Å². The summed E-state index contributed by atoms with van der Waals surface area (Å²) in [7, 11) is 0. The lowest BCUT2D eigenvalue weighted by atomic mass is 9.87. The molecule has 5 nitrogen and oxygen atoms in total. The first kappa shape index (κ1) is 28.7. The van der Waals surface area contributed by atoms with E-state index in [0.717, 1.165) is 52.7 Å². The zero-order valence-electron chi connectivity index (χ0n) is 24.3. The van der Waals surface area contributed by atoms with Gasteiger partial charge in [-0.1, -0.05) is 97.1 Å². The van der Waals surface area contributed by atoms with Crippen LogP contribution in [0.1, 0.15) is 45.0 Å². The summed E-state index contributed by atoms with van der Waals surface area (Å²) in [5.41, 5.74) is 5.25. The molecule has 5 heteroatoms. The van der Waals surface area contributed by atoms with Crippen molar-refractivity contribution in [1.82, 2.24) is 5.32 Å². The lowest BCUT2D eigenvalue weighted by molar-refractivity contribution is 0.0106. The maximum absolute atomic E-state index is 12.2. The number of benzene rings is 5. The molecule has 0 bridgehead atoms. The van der Waals surface area contributed by atoms with Crippen molar-refractivity contribution in [2.24, 2.45) is 0 Å². The Kier molecular flexibility index (Phi) is 9.43. The number of esters is 1. The molecule has 1 N–H and O–H groups in total. The van der Waals surface area contributed by atoms with Crippen LogP contribution < -0.4 is 10.1 Å². The summed E-state index contributed by atoms with van der Waals surface area (Å²) >= 11 is 0. The van der Waals surface area contributed by atoms with Crippen molar-refractivity contribution in [1.29, 1.82) is 0 Å². The molecule has 6 rings (SSSR count). The van der Waals surface area contributed by atoms with Crippen LogP contribution in [0.25, 0.3) is 10.8 Å². The second kappa shape index (κ2) is 14.1. The summed E-state index contributed by atoms with van der Waals surface area (Å²) in [5.74, 6) is 0.901. The van der Waals surface area contributed by atoms with Gasteiger partial charge in [-0.05, 0) is 64.9 Å². The van der Waals surface area contributed by atoms with Gasteiger partial charge in [0.25, 0.3) is 0 Å². The van der Waals surface area contributed by atoms with Gasteiger partial charge in [-0.15, -0.1) is 0 Å². The number of hydrogen-bond donors (Lipinski definition) is 1. The fourth-order valence-corrected chi connectivity index (χ4v) is 5.71. The average Bonchev–Trinajstić information content (AvgIpc) is 3.07. The predicted octanol–water partition coefficient (Wildman–Crippen LogP) is 7.48. The van der Waals surface area contributed by atoms with E-state index in [4.69, 9.17) is 14.2 Å². The SMILES string of the molecule is O=C(OCCc1ccc(C2CCNCC2OCc2cc(OCc3ccccc3)c3ccccc3c2)cc1)c1ccccc1. The molecule has 1 fully saturated rings. The van der Waals surface area contributed by atoms with Crippen LogP contribution in [0.2, 0.25) is 0 Å². The Bertz CT molecular complexity index is 1620. The highest BCUT2D eigenvalue weighted by Crippen LogP contribution is 2.32. The van der Waals surface area contributed by atoms with E-state index in [1.54, 1.807) is 12.1 Å². The van der Waals surface area contributed by atoms with Crippen molar-refractivity contribution in [2.45, 2.75) is 38.1 Å². The average molecular weight is 572 g/mol. The third-order valence-corrected chi connectivity index (χ3v) is 8.05. The highest BCUT2D eigenvalue weighted by atomic mass is 16.5. The molecule has 43 heavy (non-hydrogen) atoms. The largest absolute Gasteiger partial charge is 0.488 e. The first-order valence-electron chi connectivity index (χ1n) is 15.0. The molecule has 1 aliphatic rings. The number of piperidine rings is 1. The van der Waals surface area contributed by atoms with Gasteiger partial charge in [0.15, 0.2) is 0 Å². The Morgan fingerprint density at radius 1 is 0.744 bits per heavy atom. The van der Waals surface area contributed by atoms with E-state index in [1.165, 1.54) is 5.56 Å². The van der Waals surface area contributed by atoms with Gasteiger partial charge in [0.2, 0.25) is 0 Å². The molecule has 0 saturated carbocycles. The number of ether oxygens (including phenoxy) is 3. The van der Waals surface area contributed by atoms with Crippen LogP contribution in [0.5, 0.6) is 5.75 Å². The summed E-state index contributed by atoms with van der Waals surface area (Å²) in [4.78, 5) is 12.2. The zero-order chi connectivity index (χ0) is 29.3. The van der Waals surface area contributed by atoms with Crippen LogP contribution in [-0.4, -0.2) is 31.8 Å². The standard InChI is InChI=1S/C38H37NO4/c40-38(32-11-5-2-6-12-32)41-22-20-28-15-17-31(18-16-28)35-19-21-39-25-37(35)43-27-30-23-33-13-7-8-14-34(33)36(24-30)42-26-29-9-3-1-4-10-29/h1-18,23-24,35,37,39H,19-22,25-27H2. The fourth-order valence-electron chi connectivity index (χ4n) is 5.71. The van der Waals surface area contributed by atoms with Crippen LogP contribution in [0.15, 0.2) is 121 Å². The van der Waals surface area contributed by atoms with Gasteiger partial charge in [0.05, 0.1) is 24.9 Å². The highest BCUT2D eigenvalue weighted by Gasteiger charge is 2.27. The van der Waals surface area contributed by atoms with Crippen LogP contribution in [0.4, 0.5) is 0 Å². The number of rotatable bonds is 11. The van der Waals surface area contributed by atoms with Crippen LogP contribution in [0.3, 0.4) is 0 Å². The third-order valence-electron chi connectivity index (χ3n) is 8.05. The molecular weight excluding hydrogens is 534 g/mol. The zero-order valence-corrected chi connectivity index (χ0v) is 24.3. The highest BCUT2D eigenvalue weighted by molar-refractivity contribution is 5.89. The summed E-state index contributed by atoms with van der Waals surface area (Å²) in [5, 5.41) is 5.77. The maximum atomic E-state index is 12.2. The van der Waals surface area contributed by atoms with Gasteiger partial charge in [-0.25, -0.2) is 4.79 Å². The van der Waals surface area contributed by atoms with Crippen molar-refractivity contribution in [3.63, 3.8) is 0 Å². The van der Waals surface area contributed by atoms with Crippen LogP contribution >= 0.6 is 0 Å². The quantitative estimate of drug-likeness (QED) is 0.167. The lowest BCUT2D eigenvalue weighted by Crippen LogP contribution is -2.40. The first-order chi connectivity index (χ1) is 21.2. The molecule has 5 aromatic carbocycles. The number of fused-ring (bicyclic) bond motifs is 1. The summed E-state index contributed by atoms with van der Waals surface area (Å²) in [6.07, 6.45) is 1.76. The van der Waals surface area contributed by atoms with Gasteiger partial charge in [0.1, 0.15) is 12.4 Å². The van der Waals surface area contributed by atoms with E-state index in [0.29, 0.717) is 37.7 Å².